The molecule has 0 spiro atoms. The molecule has 0 saturated carbocycles. The first kappa shape index (κ1) is 20.5. The number of hydrogen-bond donors (Lipinski definition) is 1. The summed E-state index contributed by atoms with van der Waals surface area (Å²) in [5.41, 5.74) is 0.989. The van der Waals surface area contributed by atoms with Gasteiger partial charge < -0.3 is 14.3 Å². The monoisotopic (exact) mass is 427 g/mol. The van der Waals surface area contributed by atoms with E-state index in [4.69, 9.17) is 9.15 Å². The predicted octanol–water partition coefficient (Wildman–Crippen LogP) is 6.03. The number of oxazole rings is 1. The maximum Gasteiger partial charge on any atom is 0.416 e. The Morgan fingerprint density at radius 3 is 2.52 bits per heavy atom. The lowest BCUT2D eigenvalue weighted by Crippen LogP contribution is -2.19. The average molecular weight is 427 g/mol. The molecule has 1 unspecified atom stereocenters. The van der Waals surface area contributed by atoms with Crippen LogP contribution in [0.4, 0.5) is 13.2 Å². The van der Waals surface area contributed by atoms with Crippen LogP contribution in [0.3, 0.4) is 0 Å². The molecule has 0 amide bonds. The summed E-state index contributed by atoms with van der Waals surface area (Å²) in [5.74, 6) is -1.47. The van der Waals surface area contributed by atoms with Crippen molar-refractivity contribution in [3.8, 4) is 17.2 Å². The van der Waals surface area contributed by atoms with Crippen molar-refractivity contribution in [1.82, 2.24) is 4.98 Å². The van der Waals surface area contributed by atoms with Gasteiger partial charge in [0, 0.05) is 5.56 Å². The highest BCUT2D eigenvalue weighted by atomic mass is 19.4. The number of carboxylic acid groups (broad SMARTS) is 1. The van der Waals surface area contributed by atoms with Crippen molar-refractivity contribution in [1.29, 1.82) is 0 Å². The average Bonchev–Trinajstić information content (AvgIpc) is 3.15. The number of nitrogens with zero attached hydrogens (tertiary/aromatic N) is 1. The molecule has 0 aliphatic rings. The zero-order chi connectivity index (χ0) is 22.2. The van der Waals surface area contributed by atoms with Crippen LogP contribution >= 0.6 is 0 Å². The van der Waals surface area contributed by atoms with Crippen LogP contribution in [0.2, 0.25) is 0 Å². The summed E-state index contributed by atoms with van der Waals surface area (Å²) in [5, 5.41) is 9.69. The molecule has 8 heteroatoms. The Morgan fingerprint density at radius 1 is 1.06 bits per heavy atom. The highest BCUT2D eigenvalue weighted by Gasteiger charge is 2.33. The van der Waals surface area contributed by atoms with Crippen LogP contribution in [-0.2, 0) is 11.0 Å². The summed E-state index contributed by atoms with van der Waals surface area (Å²) in [6, 6.07) is 16.2. The molecule has 1 atom stereocenters. The van der Waals surface area contributed by atoms with Crippen molar-refractivity contribution in [2.24, 2.45) is 0 Å². The lowest BCUT2D eigenvalue weighted by atomic mass is 10.1. The van der Waals surface area contributed by atoms with Crippen LogP contribution in [0.15, 0.2) is 71.1 Å². The second kappa shape index (κ2) is 7.79. The third kappa shape index (κ3) is 4.23. The maximum atomic E-state index is 13.3. The van der Waals surface area contributed by atoms with Gasteiger partial charge in [0.15, 0.2) is 5.58 Å². The molecule has 0 saturated heterocycles. The van der Waals surface area contributed by atoms with E-state index >= 15 is 0 Å². The number of aryl methyl sites for hydroxylation is 1. The third-order valence-electron chi connectivity index (χ3n) is 4.65. The Kier molecular flexibility index (Phi) is 5.14. The Bertz CT molecular complexity index is 1230. The summed E-state index contributed by atoms with van der Waals surface area (Å²) < 4.78 is 51.3. The topological polar surface area (TPSA) is 72.6 Å². The second-order valence-corrected chi connectivity index (χ2v) is 6.95. The fourth-order valence-electron chi connectivity index (χ4n) is 3.18. The largest absolute Gasteiger partial charge is 0.478 e. The zero-order valence-corrected chi connectivity index (χ0v) is 16.2. The summed E-state index contributed by atoms with van der Waals surface area (Å²) in [7, 11) is 0. The molecule has 1 heterocycles. The Balaban J connectivity index is 1.83. The molecule has 0 aliphatic carbocycles. The van der Waals surface area contributed by atoms with Gasteiger partial charge in [0.05, 0.1) is 11.1 Å². The minimum atomic E-state index is -4.61. The van der Waals surface area contributed by atoms with Crippen LogP contribution < -0.4 is 4.74 Å². The normalized spacial score (nSPS) is 12.6. The third-order valence-corrected chi connectivity index (χ3v) is 4.65. The molecule has 4 aromatic rings. The molecule has 5 nitrogen and oxygen atoms in total. The van der Waals surface area contributed by atoms with Gasteiger partial charge in [-0.25, -0.2) is 9.78 Å². The summed E-state index contributed by atoms with van der Waals surface area (Å²) in [6.07, 6.45) is -6.04. The van der Waals surface area contributed by atoms with Crippen LogP contribution in [0.5, 0.6) is 5.75 Å². The molecule has 0 fully saturated rings. The predicted molar refractivity (Wildman–Crippen MR) is 107 cm³/mol. The Labute approximate surface area is 174 Å². The number of aromatic nitrogens is 1. The van der Waals surface area contributed by atoms with Gasteiger partial charge in [-0.1, -0.05) is 42.0 Å². The summed E-state index contributed by atoms with van der Waals surface area (Å²) in [4.78, 5) is 16.1. The second-order valence-electron chi connectivity index (χ2n) is 6.95. The number of ether oxygens (including phenoxy) is 1. The van der Waals surface area contributed by atoms with Crippen LogP contribution in [-0.4, -0.2) is 16.1 Å². The molecule has 3 aromatic carbocycles. The van der Waals surface area contributed by atoms with E-state index in [9.17, 15) is 23.1 Å². The van der Waals surface area contributed by atoms with Crippen LogP contribution in [0, 0.1) is 6.92 Å². The molecular weight excluding hydrogens is 411 g/mol. The van der Waals surface area contributed by atoms with Gasteiger partial charge in [-0.2, -0.15) is 13.2 Å². The molecule has 4 rings (SSSR count). The number of benzene rings is 3. The lowest BCUT2D eigenvalue weighted by Gasteiger charge is -2.18. The van der Waals surface area contributed by atoms with Gasteiger partial charge in [0.2, 0.25) is 12.0 Å². The highest BCUT2D eigenvalue weighted by molar-refractivity contribution is 5.79. The number of alkyl halides is 3. The number of para-hydroxylation sites is 2. The van der Waals surface area contributed by atoms with Crippen molar-refractivity contribution in [2.45, 2.75) is 19.2 Å². The summed E-state index contributed by atoms with van der Waals surface area (Å²) >= 11 is 0. The van der Waals surface area contributed by atoms with Gasteiger partial charge in [0.1, 0.15) is 11.3 Å². The number of rotatable bonds is 5. The molecule has 1 aromatic heterocycles. The number of hydrogen-bond acceptors (Lipinski definition) is 4. The van der Waals surface area contributed by atoms with Crippen molar-refractivity contribution < 1.29 is 32.2 Å². The van der Waals surface area contributed by atoms with E-state index in [1.54, 1.807) is 55.5 Å². The zero-order valence-electron chi connectivity index (χ0n) is 16.2. The minimum Gasteiger partial charge on any atom is -0.478 e. The molecular formula is C23H16F3NO4. The standard InChI is InChI=1S/C23H16F3NO4/c1-13-5-4-6-14(11-13)20(22(28)29)30-18-10-9-15(23(24,25)26)12-16(18)21-27-17-7-2-3-8-19(17)31-21/h2-12,20H,1H3,(H,28,29). The van der Waals surface area contributed by atoms with E-state index in [0.717, 1.165) is 23.8 Å². The number of fused-ring (bicyclic) bond motifs is 1. The quantitative estimate of drug-likeness (QED) is 0.421. The number of halogens is 3. The minimum absolute atomic E-state index is 0.0894. The van der Waals surface area contributed by atoms with E-state index in [1.165, 1.54) is 0 Å². The van der Waals surface area contributed by atoms with Gasteiger partial charge in [0.25, 0.3) is 0 Å². The summed E-state index contributed by atoms with van der Waals surface area (Å²) in [6.45, 7) is 1.80. The fourth-order valence-corrected chi connectivity index (χ4v) is 3.18. The van der Waals surface area contributed by atoms with E-state index in [0.29, 0.717) is 16.7 Å². The Morgan fingerprint density at radius 2 is 1.84 bits per heavy atom. The van der Waals surface area contributed by atoms with E-state index in [-0.39, 0.29) is 17.2 Å². The first-order valence-corrected chi connectivity index (χ1v) is 9.25. The maximum absolute atomic E-state index is 13.3. The van der Waals surface area contributed by atoms with Gasteiger partial charge in [-0.3, -0.25) is 0 Å². The Hall–Kier alpha value is -3.81. The van der Waals surface area contributed by atoms with Crippen molar-refractivity contribution in [2.75, 3.05) is 0 Å². The number of aliphatic carboxylic acids is 1. The molecule has 1 N–H and O–H groups in total. The van der Waals surface area contributed by atoms with E-state index in [2.05, 4.69) is 4.98 Å². The molecule has 31 heavy (non-hydrogen) atoms. The smallest absolute Gasteiger partial charge is 0.416 e. The highest BCUT2D eigenvalue weighted by Crippen LogP contribution is 2.39. The fraction of sp³-hybridized carbons (Fsp3) is 0.130. The van der Waals surface area contributed by atoms with Gasteiger partial charge in [-0.05, 0) is 37.3 Å². The molecule has 0 bridgehead atoms. The first-order chi connectivity index (χ1) is 14.7. The van der Waals surface area contributed by atoms with Crippen LogP contribution in [0.25, 0.3) is 22.6 Å². The van der Waals surface area contributed by atoms with Gasteiger partial charge in [-0.15, -0.1) is 0 Å². The van der Waals surface area contributed by atoms with Crippen molar-refractivity contribution in [3.05, 3.63) is 83.4 Å². The lowest BCUT2D eigenvalue weighted by molar-refractivity contribution is -0.145. The van der Waals surface area contributed by atoms with Crippen LogP contribution in [0.1, 0.15) is 22.8 Å². The number of carbonyl (C=O) groups is 1. The molecule has 0 aliphatic heterocycles. The number of carboxylic acids is 1. The molecule has 0 radical (unpaired) electrons. The van der Waals surface area contributed by atoms with E-state index < -0.39 is 23.8 Å². The molecule has 158 valence electrons. The SMILES string of the molecule is Cc1cccc(C(Oc2ccc(C(F)(F)F)cc2-c2nc3ccccc3o2)C(=O)O)c1. The van der Waals surface area contributed by atoms with Crippen molar-refractivity contribution in [3.63, 3.8) is 0 Å². The van der Waals surface area contributed by atoms with Gasteiger partial charge >= 0.3 is 12.1 Å². The van der Waals surface area contributed by atoms with E-state index in [1.807, 2.05) is 0 Å². The van der Waals surface area contributed by atoms with Crippen molar-refractivity contribution >= 4 is 17.1 Å². The first-order valence-electron chi connectivity index (χ1n) is 9.25.